The maximum absolute atomic E-state index is 12.8. The number of fused-ring (bicyclic) bond motifs is 2. The van der Waals surface area contributed by atoms with Gasteiger partial charge < -0.3 is 24.7 Å². The first-order valence-electron chi connectivity index (χ1n) is 12.4. The van der Waals surface area contributed by atoms with E-state index in [1.807, 2.05) is 25.1 Å². The first kappa shape index (κ1) is 24.9. The van der Waals surface area contributed by atoms with Crippen LogP contribution in [-0.2, 0) is 22.6 Å². The highest BCUT2D eigenvalue weighted by Crippen LogP contribution is 2.25. The summed E-state index contributed by atoms with van der Waals surface area (Å²) in [5, 5.41) is 16.6. The van der Waals surface area contributed by atoms with Crippen LogP contribution in [0.15, 0.2) is 41.2 Å². The zero-order valence-corrected chi connectivity index (χ0v) is 21.0. The van der Waals surface area contributed by atoms with Crippen molar-refractivity contribution in [2.45, 2.75) is 38.6 Å². The number of ether oxygens (including phenoxy) is 2. The summed E-state index contributed by atoms with van der Waals surface area (Å²) >= 11 is 0. The molecule has 3 aromatic rings. The number of aryl methyl sites for hydroxylation is 1. The van der Waals surface area contributed by atoms with Gasteiger partial charge in [-0.3, -0.25) is 14.5 Å². The van der Waals surface area contributed by atoms with E-state index in [1.54, 1.807) is 29.9 Å². The molecular weight excluding hydrogens is 472 g/mol. The molecule has 1 amide bonds. The third-order valence-corrected chi connectivity index (χ3v) is 7.11. The van der Waals surface area contributed by atoms with Crippen molar-refractivity contribution in [1.82, 2.24) is 19.8 Å². The average Bonchev–Trinajstić information content (AvgIpc) is 2.91. The number of amides is 1. The van der Waals surface area contributed by atoms with Crippen LogP contribution >= 0.6 is 0 Å². The molecule has 0 aliphatic carbocycles. The lowest BCUT2D eigenvalue weighted by Crippen LogP contribution is -2.53. The van der Waals surface area contributed by atoms with Crippen molar-refractivity contribution >= 4 is 22.6 Å². The molecular formula is C27H30N6O4. The van der Waals surface area contributed by atoms with E-state index in [-0.39, 0.29) is 30.2 Å². The Balaban J connectivity index is 1.21. The molecule has 0 unspecified atom stereocenters. The molecule has 1 saturated heterocycles. The Morgan fingerprint density at radius 3 is 2.92 bits per heavy atom. The van der Waals surface area contributed by atoms with Crippen LogP contribution in [0.3, 0.4) is 0 Å². The van der Waals surface area contributed by atoms with Crippen molar-refractivity contribution in [3.63, 3.8) is 0 Å². The number of piperidine rings is 1. The van der Waals surface area contributed by atoms with Crippen molar-refractivity contribution in [3.05, 3.63) is 63.6 Å². The van der Waals surface area contributed by atoms with E-state index in [0.29, 0.717) is 36.8 Å². The lowest BCUT2D eigenvalue weighted by molar-refractivity contribution is -0.118. The van der Waals surface area contributed by atoms with E-state index in [4.69, 9.17) is 9.47 Å². The molecule has 2 aromatic heterocycles. The monoisotopic (exact) mass is 502 g/mol. The summed E-state index contributed by atoms with van der Waals surface area (Å²) in [5.74, 6) is 0.827. The molecule has 2 N–H and O–H groups in total. The number of nitrogens with zero attached hydrogens (tertiary/aromatic N) is 4. The van der Waals surface area contributed by atoms with Gasteiger partial charge in [-0.25, -0.2) is 4.98 Å². The fourth-order valence-electron chi connectivity index (χ4n) is 5.08. The van der Waals surface area contributed by atoms with Crippen molar-refractivity contribution in [2.75, 3.05) is 38.7 Å². The normalized spacial score (nSPS) is 19.6. The van der Waals surface area contributed by atoms with Crippen LogP contribution in [0.2, 0.25) is 0 Å². The van der Waals surface area contributed by atoms with Gasteiger partial charge in [0.15, 0.2) is 18.2 Å². The van der Waals surface area contributed by atoms with Gasteiger partial charge in [-0.15, -0.1) is 0 Å². The van der Waals surface area contributed by atoms with Gasteiger partial charge in [0.25, 0.3) is 11.5 Å². The second kappa shape index (κ2) is 10.7. The Hall–Kier alpha value is -3.78. The number of nitriles is 1. The number of carbonyl (C=O) groups excluding carboxylic acids is 1. The minimum atomic E-state index is -0.205. The Morgan fingerprint density at radius 2 is 2.11 bits per heavy atom. The van der Waals surface area contributed by atoms with Gasteiger partial charge in [-0.2, -0.15) is 5.26 Å². The summed E-state index contributed by atoms with van der Waals surface area (Å²) in [5.41, 5.74) is 3.00. The van der Waals surface area contributed by atoms with Crippen LogP contribution in [0.4, 0.5) is 5.82 Å². The summed E-state index contributed by atoms with van der Waals surface area (Å²) in [6.07, 6.45) is 0.858. The lowest BCUT2D eigenvalue weighted by atomic mass is 10.0. The van der Waals surface area contributed by atoms with E-state index >= 15 is 0 Å². The van der Waals surface area contributed by atoms with E-state index in [0.717, 1.165) is 41.7 Å². The number of rotatable bonds is 7. The second-order valence-electron chi connectivity index (χ2n) is 9.50. The van der Waals surface area contributed by atoms with Crippen LogP contribution in [0, 0.1) is 18.3 Å². The number of pyridine rings is 2. The van der Waals surface area contributed by atoms with E-state index < -0.39 is 0 Å². The van der Waals surface area contributed by atoms with Gasteiger partial charge in [0.1, 0.15) is 0 Å². The van der Waals surface area contributed by atoms with Crippen molar-refractivity contribution in [2.24, 2.45) is 0 Å². The molecule has 1 aromatic carbocycles. The Kier molecular flexibility index (Phi) is 7.19. The topological polar surface area (TPSA) is 122 Å². The third-order valence-electron chi connectivity index (χ3n) is 7.11. The minimum absolute atomic E-state index is 0.00997. The highest BCUT2D eigenvalue weighted by molar-refractivity contribution is 5.94. The molecule has 5 rings (SSSR count). The fourth-order valence-corrected chi connectivity index (χ4v) is 5.08. The Morgan fingerprint density at radius 1 is 1.24 bits per heavy atom. The number of carbonyl (C=O) groups is 1. The quantitative estimate of drug-likeness (QED) is 0.502. The van der Waals surface area contributed by atoms with Gasteiger partial charge in [0, 0.05) is 50.8 Å². The van der Waals surface area contributed by atoms with Crippen LogP contribution in [0.5, 0.6) is 5.75 Å². The Labute approximate surface area is 214 Å². The van der Waals surface area contributed by atoms with Gasteiger partial charge in [0.05, 0.1) is 28.9 Å². The SMILES string of the molecule is CO[C@@H]1CN(CCn2c(=O)cc(C)c3ccc(C#N)cc32)CC[C@@H]1NCc1ccc2c(n1)NC(=O)CO2. The van der Waals surface area contributed by atoms with Crippen molar-refractivity contribution in [1.29, 1.82) is 5.26 Å². The minimum Gasteiger partial charge on any atom is -0.480 e. The lowest BCUT2D eigenvalue weighted by Gasteiger charge is -2.38. The Bertz CT molecular complexity index is 1430. The summed E-state index contributed by atoms with van der Waals surface area (Å²) < 4.78 is 13.0. The number of nitrogens with one attached hydrogen (secondary N) is 2. The maximum Gasteiger partial charge on any atom is 0.263 e. The summed E-state index contributed by atoms with van der Waals surface area (Å²) in [6.45, 7) is 5.30. The molecule has 10 nitrogen and oxygen atoms in total. The highest BCUT2D eigenvalue weighted by Gasteiger charge is 2.29. The largest absolute Gasteiger partial charge is 0.480 e. The first-order chi connectivity index (χ1) is 17.9. The third kappa shape index (κ3) is 5.34. The van der Waals surface area contributed by atoms with E-state index in [9.17, 15) is 14.9 Å². The maximum atomic E-state index is 12.8. The molecule has 0 bridgehead atoms. The van der Waals surface area contributed by atoms with Crippen LogP contribution < -0.4 is 20.9 Å². The number of likely N-dealkylation sites (tertiary alicyclic amines) is 1. The van der Waals surface area contributed by atoms with Gasteiger partial charge in [0.2, 0.25) is 0 Å². The standard InChI is InChI=1S/C27H30N6O4/c1-17-11-26(35)33(22-12-18(13-28)3-5-20(17)22)10-9-32-8-7-21(24(15-32)36-2)29-14-19-4-6-23-27(30-19)31-25(34)16-37-23/h3-6,11-12,21,24,29H,7-10,14-16H2,1-2H3,(H,30,31,34)/t21-,24+/m0/s1. The second-order valence-corrected chi connectivity index (χ2v) is 9.50. The zero-order valence-electron chi connectivity index (χ0n) is 21.0. The smallest absolute Gasteiger partial charge is 0.263 e. The molecule has 10 heteroatoms. The van der Waals surface area contributed by atoms with Crippen molar-refractivity contribution in [3.8, 4) is 11.8 Å². The van der Waals surface area contributed by atoms with Crippen LogP contribution in [0.1, 0.15) is 23.2 Å². The van der Waals surface area contributed by atoms with E-state index in [2.05, 4.69) is 26.6 Å². The molecule has 37 heavy (non-hydrogen) atoms. The number of methoxy groups -OCH3 is 1. The number of benzene rings is 1. The van der Waals surface area contributed by atoms with Crippen LogP contribution in [-0.4, -0.2) is 65.9 Å². The summed E-state index contributed by atoms with van der Waals surface area (Å²) in [7, 11) is 1.72. The molecule has 192 valence electrons. The van der Waals surface area contributed by atoms with Gasteiger partial charge in [-0.1, -0.05) is 6.07 Å². The van der Waals surface area contributed by atoms with Crippen LogP contribution in [0.25, 0.3) is 10.9 Å². The predicted octanol–water partition coefficient (Wildman–Crippen LogP) is 1.79. The molecule has 0 radical (unpaired) electrons. The molecule has 2 atom stereocenters. The van der Waals surface area contributed by atoms with Gasteiger partial charge in [-0.05, 0) is 49.7 Å². The predicted molar refractivity (Wildman–Crippen MR) is 139 cm³/mol. The number of aromatic nitrogens is 2. The summed E-state index contributed by atoms with van der Waals surface area (Å²) in [4.78, 5) is 31.2. The highest BCUT2D eigenvalue weighted by atomic mass is 16.5. The molecule has 2 aliphatic heterocycles. The molecule has 0 saturated carbocycles. The first-order valence-corrected chi connectivity index (χ1v) is 12.4. The fraction of sp³-hybridized carbons (Fsp3) is 0.407. The zero-order chi connectivity index (χ0) is 25.9. The van der Waals surface area contributed by atoms with Gasteiger partial charge >= 0.3 is 0 Å². The molecule has 2 aliphatic rings. The average molecular weight is 503 g/mol. The number of anilines is 1. The number of hydrogen-bond acceptors (Lipinski definition) is 8. The molecule has 4 heterocycles. The van der Waals surface area contributed by atoms with Crippen molar-refractivity contribution < 1.29 is 14.3 Å². The molecule has 1 fully saturated rings. The number of hydrogen-bond donors (Lipinski definition) is 2. The van der Waals surface area contributed by atoms with E-state index in [1.165, 1.54) is 0 Å². The summed E-state index contributed by atoms with van der Waals surface area (Å²) in [6, 6.07) is 13.2. The molecule has 0 spiro atoms.